The zero-order valence-electron chi connectivity index (χ0n) is 10.4. The number of hydrogen-bond acceptors (Lipinski definition) is 1. The summed E-state index contributed by atoms with van der Waals surface area (Å²) < 4.78 is 31.1. The maximum atomic E-state index is 13.1. The number of hydrogen-bond donors (Lipinski definition) is 0. The molecule has 0 fully saturated rings. The van der Waals surface area contributed by atoms with Crippen molar-refractivity contribution >= 4 is 11.6 Å². The fourth-order valence-electron chi connectivity index (χ4n) is 1.83. The minimum atomic E-state index is -0.855. The van der Waals surface area contributed by atoms with E-state index in [1.54, 1.807) is 7.11 Å². The molecule has 1 unspecified atom stereocenters. The van der Waals surface area contributed by atoms with Gasteiger partial charge in [0.1, 0.15) is 5.75 Å². The van der Waals surface area contributed by atoms with Crippen LogP contribution < -0.4 is 4.74 Å². The number of alkyl halides is 1. The van der Waals surface area contributed by atoms with Crippen LogP contribution in [0.3, 0.4) is 0 Å². The van der Waals surface area contributed by atoms with Crippen LogP contribution in [0.5, 0.6) is 5.75 Å². The van der Waals surface area contributed by atoms with Gasteiger partial charge in [0.2, 0.25) is 0 Å². The van der Waals surface area contributed by atoms with E-state index in [0.717, 1.165) is 11.6 Å². The molecule has 0 aliphatic heterocycles. The summed E-state index contributed by atoms with van der Waals surface area (Å²) >= 11 is 6.29. The highest BCUT2D eigenvalue weighted by molar-refractivity contribution is 6.20. The summed E-state index contributed by atoms with van der Waals surface area (Å²) in [5.41, 5.74) is 1.53. The maximum Gasteiger partial charge on any atom is 0.159 e. The van der Waals surface area contributed by atoms with Crippen molar-refractivity contribution in [2.45, 2.75) is 11.8 Å². The lowest BCUT2D eigenvalue weighted by atomic mass is 10.0. The summed E-state index contributed by atoms with van der Waals surface area (Å²) in [6.07, 6.45) is 0.423. The van der Waals surface area contributed by atoms with Crippen molar-refractivity contribution in [1.82, 2.24) is 0 Å². The van der Waals surface area contributed by atoms with Gasteiger partial charge in [0, 0.05) is 0 Å². The van der Waals surface area contributed by atoms with E-state index in [0.29, 0.717) is 17.7 Å². The zero-order valence-corrected chi connectivity index (χ0v) is 11.1. The summed E-state index contributed by atoms with van der Waals surface area (Å²) in [5.74, 6) is -0.989. The smallest absolute Gasteiger partial charge is 0.159 e. The third-order valence-corrected chi connectivity index (χ3v) is 3.26. The second kappa shape index (κ2) is 6.02. The van der Waals surface area contributed by atoms with Crippen LogP contribution in [-0.4, -0.2) is 7.11 Å². The third-order valence-electron chi connectivity index (χ3n) is 2.85. The molecule has 4 heteroatoms. The molecule has 2 aromatic carbocycles. The lowest BCUT2D eigenvalue weighted by Crippen LogP contribution is -1.98. The zero-order chi connectivity index (χ0) is 13.8. The molecule has 2 rings (SSSR count). The fraction of sp³-hybridized carbons (Fsp3) is 0.200. The fourth-order valence-corrected chi connectivity index (χ4v) is 2.14. The predicted octanol–water partition coefficient (Wildman–Crippen LogP) is 4.50. The van der Waals surface area contributed by atoms with E-state index < -0.39 is 11.6 Å². The molecule has 0 saturated carbocycles. The number of benzene rings is 2. The van der Waals surface area contributed by atoms with Crippen LogP contribution in [0.1, 0.15) is 16.5 Å². The Kier molecular flexibility index (Phi) is 4.38. The first-order valence-corrected chi connectivity index (χ1v) is 6.25. The first kappa shape index (κ1) is 13.8. The van der Waals surface area contributed by atoms with Gasteiger partial charge in [-0.1, -0.05) is 18.2 Å². The molecule has 1 nitrogen and oxygen atoms in total. The van der Waals surface area contributed by atoms with Crippen molar-refractivity contribution in [3.8, 4) is 5.75 Å². The second-order valence-corrected chi connectivity index (χ2v) is 4.72. The highest BCUT2D eigenvalue weighted by Crippen LogP contribution is 2.28. The number of ether oxygens (including phenoxy) is 1. The average molecular weight is 283 g/mol. The maximum absolute atomic E-state index is 13.1. The van der Waals surface area contributed by atoms with E-state index >= 15 is 0 Å². The van der Waals surface area contributed by atoms with Crippen LogP contribution in [0.15, 0.2) is 42.5 Å². The molecule has 2 aromatic rings. The first-order chi connectivity index (χ1) is 9.10. The van der Waals surface area contributed by atoms with Gasteiger partial charge < -0.3 is 4.74 Å². The Hall–Kier alpha value is -1.61. The lowest BCUT2D eigenvalue weighted by molar-refractivity contribution is 0.414. The Labute approximate surface area is 115 Å². The molecule has 0 spiro atoms. The van der Waals surface area contributed by atoms with Crippen molar-refractivity contribution in [2.24, 2.45) is 0 Å². The summed E-state index contributed by atoms with van der Waals surface area (Å²) in [5, 5.41) is -0.319. The Morgan fingerprint density at radius 2 is 1.89 bits per heavy atom. The minimum absolute atomic E-state index is 0.319. The number of rotatable bonds is 4. The SMILES string of the molecule is COc1cccc(C(Cl)Cc2ccc(F)c(F)c2)c1. The van der Waals surface area contributed by atoms with E-state index in [9.17, 15) is 8.78 Å². The Morgan fingerprint density at radius 1 is 1.11 bits per heavy atom. The number of methoxy groups -OCH3 is 1. The molecule has 0 saturated heterocycles. The van der Waals surface area contributed by atoms with Crippen LogP contribution in [0, 0.1) is 11.6 Å². The van der Waals surface area contributed by atoms with Crippen LogP contribution in [0.2, 0.25) is 0 Å². The molecule has 0 aliphatic carbocycles. The summed E-state index contributed by atoms with van der Waals surface area (Å²) in [4.78, 5) is 0. The molecular weight excluding hydrogens is 270 g/mol. The molecule has 1 atom stereocenters. The topological polar surface area (TPSA) is 9.23 Å². The van der Waals surface area contributed by atoms with Gasteiger partial charge in [0.15, 0.2) is 11.6 Å². The summed E-state index contributed by atoms with van der Waals surface area (Å²) in [6, 6.07) is 11.2. The lowest BCUT2D eigenvalue weighted by Gasteiger charge is -2.11. The van der Waals surface area contributed by atoms with Crippen molar-refractivity contribution in [2.75, 3.05) is 7.11 Å². The summed E-state index contributed by atoms with van der Waals surface area (Å²) in [6.45, 7) is 0. The number of halogens is 3. The molecule has 19 heavy (non-hydrogen) atoms. The van der Waals surface area contributed by atoms with Gasteiger partial charge >= 0.3 is 0 Å². The standard InChI is InChI=1S/C15H13ClF2O/c1-19-12-4-2-3-11(9-12)13(16)7-10-5-6-14(17)15(18)8-10/h2-6,8-9,13H,7H2,1H3. The van der Waals surface area contributed by atoms with Gasteiger partial charge in [0.25, 0.3) is 0 Å². The molecule has 0 amide bonds. The van der Waals surface area contributed by atoms with Gasteiger partial charge in [-0.05, 0) is 41.8 Å². The summed E-state index contributed by atoms with van der Waals surface area (Å²) in [7, 11) is 1.58. The third kappa shape index (κ3) is 3.44. The van der Waals surface area contributed by atoms with Gasteiger partial charge in [-0.3, -0.25) is 0 Å². The second-order valence-electron chi connectivity index (χ2n) is 4.20. The highest BCUT2D eigenvalue weighted by Gasteiger charge is 2.11. The Balaban J connectivity index is 2.15. The first-order valence-electron chi connectivity index (χ1n) is 5.82. The molecule has 0 N–H and O–H groups in total. The normalized spacial score (nSPS) is 12.2. The highest BCUT2D eigenvalue weighted by atomic mass is 35.5. The van der Waals surface area contributed by atoms with E-state index in [4.69, 9.17) is 16.3 Å². The molecule has 100 valence electrons. The predicted molar refractivity (Wildman–Crippen MR) is 71.7 cm³/mol. The molecule has 0 radical (unpaired) electrons. The van der Waals surface area contributed by atoms with E-state index in [1.165, 1.54) is 12.1 Å². The van der Waals surface area contributed by atoms with Crippen LogP contribution in [-0.2, 0) is 6.42 Å². The monoisotopic (exact) mass is 282 g/mol. The van der Waals surface area contributed by atoms with Gasteiger partial charge in [-0.15, -0.1) is 11.6 Å². The molecule has 0 heterocycles. The van der Waals surface area contributed by atoms with Gasteiger partial charge in [-0.2, -0.15) is 0 Å². The van der Waals surface area contributed by atoms with E-state index in [1.807, 2.05) is 24.3 Å². The van der Waals surface area contributed by atoms with Gasteiger partial charge in [-0.25, -0.2) is 8.78 Å². The van der Waals surface area contributed by atoms with Crippen molar-refractivity contribution in [3.05, 3.63) is 65.2 Å². The molecule has 0 bridgehead atoms. The molecule has 0 aliphatic rings. The van der Waals surface area contributed by atoms with Crippen molar-refractivity contribution in [1.29, 1.82) is 0 Å². The Morgan fingerprint density at radius 3 is 2.58 bits per heavy atom. The van der Waals surface area contributed by atoms with Crippen LogP contribution >= 0.6 is 11.6 Å². The minimum Gasteiger partial charge on any atom is -0.497 e. The average Bonchev–Trinajstić information content (AvgIpc) is 2.43. The van der Waals surface area contributed by atoms with Crippen molar-refractivity contribution < 1.29 is 13.5 Å². The van der Waals surface area contributed by atoms with E-state index in [-0.39, 0.29) is 5.38 Å². The van der Waals surface area contributed by atoms with Gasteiger partial charge in [0.05, 0.1) is 12.5 Å². The van der Waals surface area contributed by atoms with Crippen LogP contribution in [0.25, 0.3) is 0 Å². The van der Waals surface area contributed by atoms with Crippen molar-refractivity contribution in [3.63, 3.8) is 0 Å². The largest absolute Gasteiger partial charge is 0.497 e. The Bertz CT molecular complexity index is 572. The molecule has 0 aromatic heterocycles. The quantitative estimate of drug-likeness (QED) is 0.751. The van der Waals surface area contributed by atoms with Crippen LogP contribution in [0.4, 0.5) is 8.78 Å². The van der Waals surface area contributed by atoms with E-state index in [2.05, 4.69) is 0 Å². The molecular formula is C15H13ClF2O.